The lowest BCUT2D eigenvalue weighted by molar-refractivity contribution is -0.130. The molecule has 2 heterocycles. The van der Waals surface area contributed by atoms with Crippen LogP contribution < -0.4 is 11.1 Å². The molecule has 0 fully saturated rings. The summed E-state index contributed by atoms with van der Waals surface area (Å²) in [4.78, 5) is 36.7. The van der Waals surface area contributed by atoms with E-state index < -0.39 is 24.0 Å². The minimum Gasteiger partial charge on any atom is -0.448 e. The van der Waals surface area contributed by atoms with E-state index in [4.69, 9.17) is 10.5 Å². The number of esters is 1. The van der Waals surface area contributed by atoms with Crippen molar-refractivity contribution >= 4 is 29.2 Å². The molecule has 8 heteroatoms. The summed E-state index contributed by atoms with van der Waals surface area (Å²) in [6, 6.07) is 2.73. The van der Waals surface area contributed by atoms with Crippen molar-refractivity contribution in [3.8, 4) is 5.00 Å². The number of rotatable bonds is 5. The first-order chi connectivity index (χ1) is 11.7. The van der Waals surface area contributed by atoms with E-state index in [-0.39, 0.29) is 5.92 Å². The van der Waals surface area contributed by atoms with Crippen LogP contribution in [0.25, 0.3) is 5.00 Å². The van der Waals surface area contributed by atoms with Crippen LogP contribution in [-0.2, 0) is 9.53 Å². The summed E-state index contributed by atoms with van der Waals surface area (Å²) in [5.74, 6) is -1.66. The fraction of sp³-hybridized carbons (Fsp3) is 0.353. The van der Waals surface area contributed by atoms with Crippen molar-refractivity contribution in [1.82, 2.24) is 9.88 Å². The van der Waals surface area contributed by atoms with Crippen LogP contribution in [0, 0.1) is 19.8 Å². The number of imide groups is 1. The van der Waals surface area contributed by atoms with Crippen LogP contribution >= 0.6 is 11.3 Å². The fourth-order valence-electron chi connectivity index (χ4n) is 2.36. The Bertz CT molecular complexity index is 793. The maximum atomic E-state index is 12.8. The Labute approximate surface area is 149 Å². The van der Waals surface area contributed by atoms with Crippen LogP contribution in [-0.4, -0.2) is 28.6 Å². The van der Waals surface area contributed by atoms with Crippen molar-refractivity contribution in [2.24, 2.45) is 11.7 Å². The molecule has 2 aromatic rings. The Morgan fingerprint density at radius 2 is 1.80 bits per heavy atom. The van der Waals surface area contributed by atoms with E-state index in [9.17, 15) is 14.4 Å². The summed E-state index contributed by atoms with van der Waals surface area (Å²) in [7, 11) is 0. The Morgan fingerprint density at radius 1 is 1.20 bits per heavy atom. The van der Waals surface area contributed by atoms with Gasteiger partial charge in [0.05, 0.1) is 5.56 Å². The summed E-state index contributed by atoms with van der Waals surface area (Å²) in [5, 5.41) is 2.69. The van der Waals surface area contributed by atoms with Gasteiger partial charge in [-0.25, -0.2) is 9.59 Å². The predicted octanol–water partition coefficient (Wildman–Crippen LogP) is 2.53. The summed E-state index contributed by atoms with van der Waals surface area (Å²) in [6.45, 7) is 7.20. The van der Waals surface area contributed by atoms with Gasteiger partial charge < -0.3 is 15.0 Å². The molecule has 0 saturated carbocycles. The molecule has 0 aliphatic carbocycles. The molecular formula is C17H21N3O4S. The van der Waals surface area contributed by atoms with Gasteiger partial charge in [0.25, 0.3) is 5.91 Å². The topological polar surface area (TPSA) is 103 Å². The van der Waals surface area contributed by atoms with Gasteiger partial charge in [-0.05, 0) is 37.5 Å². The van der Waals surface area contributed by atoms with Crippen LogP contribution in [0.3, 0.4) is 0 Å². The molecule has 0 aliphatic rings. The highest BCUT2D eigenvalue weighted by Gasteiger charge is 2.30. The normalized spacial score (nSPS) is 12.0. The number of primary amides is 1. The minimum atomic E-state index is -1.11. The maximum Gasteiger partial charge on any atom is 0.342 e. The molecule has 0 aromatic carbocycles. The lowest BCUT2D eigenvalue weighted by Gasteiger charge is -2.20. The average Bonchev–Trinajstić information content (AvgIpc) is 3.12. The van der Waals surface area contributed by atoms with E-state index in [0.717, 1.165) is 15.4 Å². The van der Waals surface area contributed by atoms with E-state index >= 15 is 0 Å². The molecule has 2 rings (SSSR count). The van der Waals surface area contributed by atoms with Crippen LogP contribution in [0.2, 0.25) is 0 Å². The summed E-state index contributed by atoms with van der Waals surface area (Å²) < 4.78 is 7.26. The van der Waals surface area contributed by atoms with Crippen molar-refractivity contribution in [3.63, 3.8) is 0 Å². The Kier molecular flexibility index (Phi) is 5.63. The summed E-state index contributed by atoms with van der Waals surface area (Å²) in [5.41, 5.74) is 6.19. The molecule has 3 amide bonds. The molecule has 7 nitrogen and oxygen atoms in total. The van der Waals surface area contributed by atoms with E-state index in [1.165, 1.54) is 11.3 Å². The van der Waals surface area contributed by atoms with Gasteiger partial charge in [0.1, 0.15) is 5.00 Å². The summed E-state index contributed by atoms with van der Waals surface area (Å²) >= 11 is 1.47. The summed E-state index contributed by atoms with van der Waals surface area (Å²) in [6.07, 6.45) is 2.56. The number of aryl methyl sites for hydroxylation is 1. The minimum absolute atomic E-state index is 0.321. The van der Waals surface area contributed by atoms with Crippen molar-refractivity contribution in [2.45, 2.75) is 33.8 Å². The second-order valence-corrected chi connectivity index (χ2v) is 7.18. The number of carbonyl (C=O) groups excluding carboxylic acids is 3. The number of ether oxygens (including phenoxy) is 1. The number of aromatic nitrogens is 1. The molecular weight excluding hydrogens is 342 g/mol. The number of nitrogens with two attached hydrogens (primary N) is 1. The maximum absolute atomic E-state index is 12.8. The van der Waals surface area contributed by atoms with Crippen molar-refractivity contribution < 1.29 is 19.1 Å². The van der Waals surface area contributed by atoms with E-state index in [1.54, 1.807) is 13.8 Å². The van der Waals surface area contributed by atoms with Crippen molar-refractivity contribution in [2.75, 3.05) is 0 Å². The highest BCUT2D eigenvalue weighted by atomic mass is 32.1. The number of hydrogen-bond acceptors (Lipinski definition) is 5. The average molecular weight is 363 g/mol. The van der Waals surface area contributed by atoms with Gasteiger partial charge in [0, 0.05) is 17.3 Å². The Balaban J connectivity index is 2.34. The second kappa shape index (κ2) is 7.52. The zero-order valence-corrected chi connectivity index (χ0v) is 15.3. The molecule has 1 atom stereocenters. The number of amides is 3. The van der Waals surface area contributed by atoms with Crippen LogP contribution in [0.15, 0.2) is 24.5 Å². The molecule has 0 saturated heterocycles. The number of hydrogen-bond donors (Lipinski definition) is 2. The Hall–Kier alpha value is -2.61. The molecule has 0 spiro atoms. The number of thiophene rings is 1. The number of carbonyl (C=O) groups is 3. The quantitative estimate of drug-likeness (QED) is 0.797. The van der Waals surface area contributed by atoms with E-state index in [0.29, 0.717) is 5.56 Å². The smallest absolute Gasteiger partial charge is 0.342 e. The van der Waals surface area contributed by atoms with Crippen LogP contribution in [0.4, 0.5) is 4.79 Å². The molecule has 0 aliphatic heterocycles. The van der Waals surface area contributed by atoms with Gasteiger partial charge in [-0.2, -0.15) is 0 Å². The zero-order valence-electron chi connectivity index (χ0n) is 14.5. The van der Waals surface area contributed by atoms with Crippen molar-refractivity contribution in [1.29, 1.82) is 0 Å². The van der Waals surface area contributed by atoms with Gasteiger partial charge in [-0.1, -0.05) is 13.8 Å². The number of nitrogens with one attached hydrogen (secondary N) is 1. The third kappa shape index (κ3) is 4.08. The van der Waals surface area contributed by atoms with Crippen molar-refractivity contribution in [3.05, 3.63) is 40.5 Å². The largest absolute Gasteiger partial charge is 0.448 e. The van der Waals surface area contributed by atoms with E-state index in [1.807, 2.05) is 48.3 Å². The van der Waals surface area contributed by atoms with Crippen LogP contribution in [0.1, 0.15) is 34.6 Å². The molecule has 3 N–H and O–H groups in total. The SMILES string of the molecule is Cc1sc(-n2cccc2)c(C(=O)O[C@@H](C(=O)NC(N)=O)C(C)C)c1C. The lowest BCUT2D eigenvalue weighted by Crippen LogP contribution is -2.45. The number of urea groups is 1. The fourth-order valence-corrected chi connectivity index (χ4v) is 3.47. The predicted molar refractivity (Wildman–Crippen MR) is 94.9 cm³/mol. The first-order valence-electron chi connectivity index (χ1n) is 7.77. The monoisotopic (exact) mass is 363 g/mol. The van der Waals surface area contributed by atoms with Gasteiger partial charge >= 0.3 is 12.0 Å². The van der Waals surface area contributed by atoms with E-state index in [2.05, 4.69) is 0 Å². The van der Waals surface area contributed by atoms with Crippen LogP contribution in [0.5, 0.6) is 0 Å². The second-order valence-electron chi connectivity index (χ2n) is 5.98. The highest BCUT2D eigenvalue weighted by Crippen LogP contribution is 2.32. The first kappa shape index (κ1) is 18.7. The third-order valence-corrected chi connectivity index (χ3v) is 4.97. The molecule has 134 valence electrons. The first-order valence-corrected chi connectivity index (χ1v) is 8.58. The molecule has 0 radical (unpaired) electrons. The lowest BCUT2D eigenvalue weighted by atomic mass is 10.1. The Morgan fingerprint density at radius 3 is 2.32 bits per heavy atom. The third-order valence-electron chi connectivity index (χ3n) is 3.75. The highest BCUT2D eigenvalue weighted by molar-refractivity contribution is 7.15. The molecule has 2 aromatic heterocycles. The van der Waals surface area contributed by atoms with Gasteiger partial charge in [0.2, 0.25) is 0 Å². The molecule has 0 bridgehead atoms. The van der Waals surface area contributed by atoms with Gasteiger partial charge in [-0.3, -0.25) is 10.1 Å². The van der Waals surface area contributed by atoms with Gasteiger partial charge in [0.15, 0.2) is 6.10 Å². The molecule has 0 unspecified atom stereocenters. The number of nitrogens with zero attached hydrogens (tertiary/aromatic N) is 1. The van der Waals surface area contributed by atoms with Gasteiger partial charge in [-0.15, -0.1) is 11.3 Å². The molecule has 25 heavy (non-hydrogen) atoms. The zero-order chi connectivity index (χ0) is 18.7. The standard InChI is InChI=1S/C17H21N3O4S/c1-9(2)13(14(21)19-17(18)23)24-16(22)12-10(3)11(4)25-15(12)20-7-5-6-8-20/h5-9,13H,1-4H3,(H3,18,19,21,23)/t13-/m1/s1.